The quantitative estimate of drug-likeness (QED) is 0.702. The highest BCUT2D eigenvalue weighted by atomic mass is 19.1. The molecule has 0 aromatic heterocycles. The average Bonchev–Trinajstić information content (AvgIpc) is 2.81. The van der Waals surface area contributed by atoms with Crippen LogP contribution in [0.25, 0.3) is 0 Å². The molecule has 7 heteroatoms. The van der Waals surface area contributed by atoms with Crippen molar-refractivity contribution in [2.75, 3.05) is 43.4 Å². The highest BCUT2D eigenvalue weighted by molar-refractivity contribution is 6.39. The van der Waals surface area contributed by atoms with Gasteiger partial charge in [0, 0.05) is 31.5 Å². The number of piperidine rings is 1. The minimum absolute atomic E-state index is 0.0235. The van der Waals surface area contributed by atoms with Crippen molar-refractivity contribution >= 4 is 23.2 Å². The van der Waals surface area contributed by atoms with Crippen LogP contribution in [0.5, 0.6) is 0 Å². The third kappa shape index (κ3) is 5.27. The zero-order valence-electron chi connectivity index (χ0n) is 18.6. The predicted molar refractivity (Wildman–Crippen MR) is 124 cm³/mol. The molecule has 6 nitrogen and oxygen atoms in total. The van der Waals surface area contributed by atoms with Gasteiger partial charge in [-0.25, -0.2) is 4.39 Å². The molecule has 2 amide bonds. The van der Waals surface area contributed by atoms with Gasteiger partial charge in [-0.3, -0.25) is 14.5 Å². The summed E-state index contributed by atoms with van der Waals surface area (Å²) in [6.45, 7) is 3.41. The van der Waals surface area contributed by atoms with Crippen LogP contribution in [-0.2, 0) is 16.0 Å². The summed E-state index contributed by atoms with van der Waals surface area (Å²) in [6.07, 6.45) is 5.71. The van der Waals surface area contributed by atoms with Crippen molar-refractivity contribution < 1.29 is 14.0 Å². The Balaban J connectivity index is 1.45. The zero-order chi connectivity index (χ0) is 22.5. The van der Waals surface area contributed by atoms with Crippen LogP contribution in [-0.4, -0.2) is 49.9 Å². The lowest BCUT2D eigenvalue weighted by Crippen LogP contribution is -2.43. The van der Waals surface area contributed by atoms with Crippen LogP contribution in [0.15, 0.2) is 42.5 Å². The van der Waals surface area contributed by atoms with Crippen molar-refractivity contribution in [1.29, 1.82) is 0 Å². The number of amides is 2. The van der Waals surface area contributed by atoms with Gasteiger partial charge in [-0.1, -0.05) is 18.6 Å². The summed E-state index contributed by atoms with van der Waals surface area (Å²) < 4.78 is 13.1. The van der Waals surface area contributed by atoms with E-state index < -0.39 is 17.6 Å². The largest absolute Gasteiger partial charge is 0.374 e. The number of halogens is 1. The summed E-state index contributed by atoms with van der Waals surface area (Å²) in [6, 6.07) is 12.0. The molecular weight excluding hydrogens is 407 g/mol. The number of carbonyl (C=O) groups is 2. The summed E-state index contributed by atoms with van der Waals surface area (Å²) >= 11 is 0. The van der Waals surface area contributed by atoms with E-state index >= 15 is 0 Å². The third-order valence-electron chi connectivity index (χ3n) is 6.43. The van der Waals surface area contributed by atoms with Crippen LogP contribution in [0, 0.1) is 5.82 Å². The molecule has 1 fully saturated rings. The molecule has 0 saturated carbocycles. The minimum atomic E-state index is -0.749. The number of likely N-dealkylation sites (tertiary alicyclic amines) is 1. The van der Waals surface area contributed by atoms with Gasteiger partial charge < -0.3 is 15.5 Å². The molecule has 170 valence electrons. The number of hydrogen-bond donors (Lipinski definition) is 2. The third-order valence-corrected chi connectivity index (χ3v) is 6.43. The van der Waals surface area contributed by atoms with E-state index in [1.54, 1.807) is 0 Å². The molecule has 2 aromatic rings. The number of nitrogens with one attached hydrogen (secondary N) is 2. The van der Waals surface area contributed by atoms with E-state index in [4.69, 9.17) is 0 Å². The number of anilines is 2. The Kier molecular flexibility index (Phi) is 7.05. The van der Waals surface area contributed by atoms with Gasteiger partial charge in [0.1, 0.15) is 5.82 Å². The first-order chi connectivity index (χ1) is 15.5. The van der Waals surface area contributed by atoms with Gasteiger partial charge in [-0.2, -0.15) is 0 Å². The first kappa shape index (κ1) is 22.3. The fourth-order valence-electron chi connectivity index (χ4n) is 4.69. The lowest BCUT2D eigenvalue weighted by atomic mass is 9.95. The SMILES string of the molecule is CN1CCCc2cc([C@@H](CNC(=O)C(=O)Nc3ccc(F)cc3)N3CCCCC3)ccc21. The second-order valence-electron chi connectivity index (χ2n) is 8.70. The van der Waals surface area contributed by atoms with E-state index in [9.17, 15) is 14.0 Å². The molecule has 0 aliphatic carbocycles. The van der Waals surface area contributed by atoms with Gasteiger partial charge in [0.25, 0.3) is 0 Å². The number of benzene rings is 2. The second kappa shape index (κ2) is 10.1. The fraction of sp³-hybridized carbons (Fsp3) is 0.440. The zero-order valence-corrected chi connectivity index (χ0v) is 18.6. The standard InChI is InChI=1S/C25H31FN4O2/c1-29-13-5-6-18-16-19(7-12-22(18)29)23(30-14-3-2-4-15-30)17-27-24(31)25(32)28-21-10-8-20(26)9-11-21/h7-12,16,23H,2-6,13-15,17H2,1H3,(H,27,31)(H,28,32)/t23-/m1/s1. The van der Waals surface area contributed by atoms with E-state index in [1.165, 1.54) is 47.5 Å². The maximum Gasteiger partial charge on any atom is 0.313 e. The number of rotatable bonds is 5. The van der Waals surface area contributed by atoms with Crippen molar-refractivity contribution in [1.82, 2.24) is 10.2 Å². The van der Waals surface area contributed by atoms with Crippen LogP contribution in [0.3, 0.4) is 0 Å². The summed E-state index contributed by atoms with van der Waals surface area (Å²) in [5, 5.41) is 5.34. The Morgan fingerprint density at radius 1 is 0.969 bits per heavy atom. The molecule has 1 atom stereocenters. The van der Waals surface area contributed by atoms with Crippen molar-refractivity contribution in [2.45, 2.75) is 38.1 Å². The van der Waals surface area contributed by atoms with Gasteiger partial charge in [0.15, 0.2) is 0 Å². The maximum atomic E-state index is 13.1. The van der Waals surface area contributed by atoms with Gasteiger partial charge >= 0.3 is 11.8 Å². The van der Waals surface area contributed by atoms with Gasteiger partial charge in [0.05, 0.1) is 6.04 Å². The molecular formula is C25H31FN4O2. The summed E-state index contributed by atoms with van der Waals surface area (Å²) in [4.78, 5) is 29.5. The van der Waals surface area contributed by atoms with Crippen LogP contribution in [0.2, 0.25) is 0 Å². The summed E-state index contributed by atoms with van der Waals surface area (Å²) in [5.74, 6) is -1.83. The second-order valence-corrected chi connectivity index (χ2v) is 8.70. The summed E-state index contributed by atoms with van der Waals surface area (Å²) in [5.41, 5.74) is 4.19. The van der Waals surface area contributed by atoms with E-state index in [-0.39, 0.29) is 6.04 Å². The van der Waals surface area contributed by atoms with Gasteiger partial charge in [0.2, 0.25) is 0 Å². The normalized spacial score (nSPS) is 17.4. The Morgan fingerprint density at radius 3 is 2.47 bits per heavy atom. The topological polar surface area (TPSA) is 64.7 Å². The average molecular weight is 439 g/mol. The molecule has 0 radical (unpaired) electrons. The lowest BCUT2D eigenvalue weighted by molar-refractivity contribution is -0.136. The van der Waals surface area contributed by atoms with Crippen LogP contribution < -0.4 is 15.5 Å². The first-order valence-corrected chi connectivity index (χ1v) is 11.4. The Labute approximate surface area is 188 Å². The van der Waals surface area contributed by atoms with E-state index in [0.717, 1.165) is 45.3 Å². The number of nitrogens with zero attached hydrogens (tertiary/aromatic N) is 2. The molecule has 32 heavy (non-hydrogen) atoms. The molecule has 0 bridgehead atoms. The minimum Gasteiger partial charge on any atom is -0.374 e. The molecule has 2 aromatic carbocycles. The van der Waals surface area contributed by atoms with Crippen LogP contribution in [0.4, 0.5) is 15.8 Å². The highest BCUT2D eigenvalue weighted by Crippen LogP contribution is 2.31. The van der Waals surface area contributed by atoms with Gasteiger partial charge in [-0.15, -0.1) is 0 Å². The smallest absolute Gasteiger partial charge is 0.313 e. The number of fused-ring (bicyclic) bond motifs is 1. The molecule has 2 heterocycles. The molecule has 4 rings (SSSR count). The Morgan fingerprint density at radius 2 is 1.72 bits per heavy atom. The molecule has 0 unspecified atom stereocenters. The number of hydrogen-bond acceptors (Lipinski definition) is 4. The molecule has 1 saturated heterocycles. The van der Waals surface area contributed by atoms with Crippen molar-refractivity contribution in [2.24, 2.45) is 0 Å². The maximum absolute atomic E-state index is 13.1. The number of aryl methyl sites for hydroxylation is 1. The van der Waals surface area contributed by atoms with Crippen molar-refractivity contribution in [3.05, 3.63) is 59.4 Å². The van der Waals surface area contributed by atoms with E-state index in [1.807, 2.05) is 0 Å². The Bertz CT molecular complexity index is 957. The van der Waals surface area contributed by atoms with Crippen molar-refractivity contribution in [3.63, 3.8) is 0 Å². The highest BCUT2D eigenvalue weighted by Gasteiger charge is 2.26. The lowest BCUT2D eigenvalue weighted by Gasteiger charge is -2.36. The van der Waals surface area contributed by atoms with Crippen LogP contribution in [0.1, 0.15) is 42.9 Å². The Hall–Kier alpha value is -2.93. The first-order valence-electron chi connectivity index (χ1n) is 11.4. The molecule has 2 aliphatic heterocycles. The predicted octanol–water partition coefficient (Wildman–Crippen LogP) is 3.49. The van der Waals surface area contributed by atoms with E-state index in [0.29, 0.717) is 12.2 Å². The molecule has 0 spiro atoms. The monoisotopic (exact) mass is 438 g/mol. The van der Waals surface area contributed by atoms with E-state index in [2.05, 4.69) is 45.7 Å². The van der Waals surface area contributed by atoms with Crippen molar-refractivity contribution in [3.8, 4) is 0 Å². The number of carbonyl (C=O) groups excluding carboxylic acids is 2. The summed E-state index contributed by atoms with van der Waals surface area (Å²) in [7, 11) is 2.12. The van der Waals surface area contributed by atoms with Crippen LogP contribution >= 0.6 is 0 Å². The molecule has 2 aliphatic rings. The van der Waals surface area contributed by atoms with Gasteiger partial charge in [-0.05, 0) is 80.2 Å². The fourth-order valence-corrected chi connectivity index (χ4v) is 4.69. The molecule has 2 N–H and O–H groups in total.